The van der Waals surface area contributed by atoms with Crippen molar-refractivity contribution in [3.63, 3.8) is 0 Å². The minimum atomic E-state index is -0.585. The highest BCUT2D eigenvalue weighted by atomic mass is 16.6. The maximum Gasteiger partial charge on any atom is 0.333 e. The number of carbonyl (C=O) groups is 6. The van der Waals surface area contributed by atoms with Crippen molar-refractivity contribution in [2.75, 3.05) is 87.4 Å². The molecule has 17 fully saturated rings. The molecule has 24 nitrogen and oxygen atoms in total. The van der Waals surface area contributed by atoms with Crippen molar-refractivity contribution in [1.82, 2.24) is 0 Å². The van der Waals surface area contributed by atoms with Crippen LogP contribution in [0.2, 0.25) is 0 Å². The number of rotatable bonds is 19. The monoisotopic (exact) mass is 1720 g/mol. The Morgan fingerprint density at radius 3 is 1.34 bits per heavy atom. The highest BCUT2D eigenvalue weighted by Crippen LogP contribution is 2.60. The lowest BCUT2D eigenvalue weighted by Gasteiger charge is -2.52. The fourth-order valence-corrected chi connectivity index (χ4v) is 21.1. The summed E-state index contributed by atoms with van der Waals surface area (Å²) in [4.78, 5) is 68.0. The van der Waals surface area contributed by atoms with Gasteiger partial charge in [-0.25, -0.2) is 28.8 Å². The van der Waals surface area contributed by atoms with Gasteiger partial charge in [0.15, 0.2) is 0 Å². The molecule has 6 heterocycles. The normalized spacial score (nSPS) is 34.8. The number of aliphatic hydroxyl groups excluding tert-OH is 3. The first kappa shape index (κ1) is 101. The molecule has 11 aliphatic carbocycles. The number of methoxy groups -OCH3 is 3. The summed E-state index contributed by atoms with van der Waals surface area (Å²) in [5.74, 6) is 3.37. The van der Waals surface area contributed by atoms with E-state index in [1.165, 1.54) is 148 Å². The smallest absolute Gasteiger partial charge is 0.333 e. The number of aliphatic hydroxyl groups is 3. The SMILES string of the molecule is C=C(C)C(=O)OC1C2CC(C1O)C1(COC1)C2.C=C(C)C(=O)OC1CC(C)C2(COC2)CC1O.C=C(C)C(=O)OC1CCC2(COC2)CC1O.C=C(C)C(=O)OC1CCCC2CCCCC21.C=C(C)C(=O)OC1CCCCC1.C=C(C)C(=O)OCC1CCCCC1.COCC1CCC2OC2(C)C1.COCC1CCC2OC2C1.COCC1CCC2OC2C1. The van der Waals surface area contributed by atoms with Crippen LogP contribution >= 0.6 is 0 Å². The van der Waals surface area contributed by atoms with E-state index >= 15 is 0 Å². The van der Waals surface area contributed by atoms with E-state index in [0.29, 0.717) is 133 Å². The number of esters is 6. The molecular formula is C98H156O24. The van der Waals surface area contributed by atoms with Gasteiger partial charge in [-0.2, -0.15) is 0 Å². The Kier molecular flexibility index (Phi) is 39.3. The van der Waals surface area contributed by atoms with Crippen LogP contribution in [0.3, 0.4) is 0 Å². The van der Waals surface area contributed by atoms with Gasteiger partial charge >= 0.3 is 35.8 Å². The largest absolute Gasteiger partial charge is 0.462 e. The van der Waals surface area contributed by atoms with Crippen molar-refractivity contribution >= 4 is 35.8 Å². The second-order valence-electron chi connectivity index (χ2n) is 39.7. The molecule has 0 radical (unpaired) electrons. The average Bonchev–Trinajstić information content (AvgIpc) is 1.55. The molecule has 0 amide bonds. The predicted octanol–water partition coefficient (Wildman–Crippen LogP) is 15.8. The molecule has 17 aliphatic rings. The summed E-state index contributed by atoms with van der Waals surface area (Å²) in [7, 11) is 5.34. The second-order valence-corrected chi connectivity index (χ2v) is 39.7. The molecule has 3 N–H and O–H groups in total. The van der Waals surface area contributed by atoms with Crippen LogP contribution in [0, 0.1) is 69.5 Å². The highest BCUT2D eigenvalue weighted by Gasteiger charge is 2.64. The molecule has 21 unspecified atom stereocenters. The minimum absolute atomic E-state index is 0.103. The topological polar surface area (TPSA) is 311 Å². The van der Waals surface area contributed by atoms with E-state index in [-0.39, 0.29) is 76.1 Å². The van der Waals surface area contributed by atoms with Crippen molar-refractivity contribution in [2.45, 2.75) is 352 Å². The molecule has 692 valence electrons. The Balaban J connectivity index is 0.000000157. The molecule has 11 saturated carbocycles. The Labute approximate surface area is 729 Å². The molecule has 6 aliphatic heterocycles. The van der Waals surface area contributed by atoms with Crippen LogP contribution in [0.5, 0.6) is 0 Å². The van der Waals surface area contributed by atoms with Crippen LogP contribution < -0.4 is 0 Å². The molecular weight excluding hydrogens is 1560 g/mol. The maximum absolute atomic E-state index is 11.6. The van der Waals surface area contributed by atoms with E-state index in [0.717, 1.165) is 108 Å². The molecule has 6 saturated heterocycles. The van der Waals surface area contributed by atoms with Crippen LogP contribution in [0.1, 0.15) is 267 Å². The zero-order valence-electron chi connectivity index (χ0n) is 76.3. The standard InChI is InChI=1S/C14H22O2.C13H18O4.C13H20O4.C12H18O4.C11H18O2.C10H16O2.C9H16O2.2C8H14O2/c1-10(2)14(15)16-13-9-5-7-11-6-3-4-8-12(11)13;1-7(2)12(15)17-11-8-3-9(10(11)14)13(4-8)5-16-6-13;1-8(2)12(15)17-11-4-9(3)13(5-10(11)14)6-16-7-13;1-8(2)11(14)16-10-3-4-12(5-9(10)13)6-15-7-12;1-9(2)11(12)13-8-10-6-4-3-5-7-10;1-8(2)10(11)12-9-6-4-3-5-7-9;1-9-5-7(6-10-2)3-4-8(9)11-9;2*1-9-5-6-2-3-7-8(4-6)10-7/h11-13H,1,3-9H2,2H3;8-11,14H,1,3-6H2,2H3;9-11,14H,1,4-7H2,2-3H3;9-10,13H,1,3-7H2,2H3;10H,1,3-8H2,2H3;9H,1,3-7H2,2H3;7-8H,3-6H2,1-2H3;2*6-8H,2-5H2,1H3. The van der Waals surface area contributed by atoms with Gasteiger partial charge in [-0.15, -0.1) is 0 Å². The number of epoxide rings is 3. The van der Waals surface area contributed by atoms with E-state index in [1.807, 2.05) is 0 Å². The lowest BCUT2D eigenvalue weighted by Crippen LogP contribution is -2.56. The maximum atomic E-state index is 11.6. The minimum Gasteiger partial charge on any atom is -0.462 e. The molecule has 17 rings (SSSR count). The summed E-state index contributed by atoms with van der Waals surface area (Å²) in [6, 6.07) is 0. The third-order valence-corrected chi connectivity index (χ3v) is 28.9. The molecule has 122 heavy (non-hydrogen) atoms. The van der Waals surface area contributed by atoms with Gasteiger partial charge in [-0.1, -0.05) is 91.3 Å². The summed E-state index contributed by atoms with van der Waals surface area (Å²) in [5.41, 5.74) is 3.32. The fourth-order valence-electron chi connectivity index (χ4n) is 21.1. The fraction of sp³-hybridized carbons (Fsp3) is 0.816. The van der Waals surface area contributed by atoms with Gasteiger partial charge in [-0.05, 0) is 269 Å². The van der Waals surface area contributed by atoms with Crippen LogP contribution in [0.4, 0.5) is 0 Å². The zero-order chi connectivity index (χ0) is 88.6. The van der Waals surface area contributed by atoms with Crippen molar-refractivity contribution in [3.05, 3.63) is 72.9 Å². The average molecular weight is 1720 g/mol. The van der Waals surface area contributed by atoms with Crippen LogP contribution in [-0.2, 0) is 99.8 Å². The molecule has 2 bridgehead atoms. The third-order valence-electron chi connectivity index (χ3n) is 28.9. The number of hydrogen-bond donors (Lipinski definition) is 3. The van der Waals surface area contributed by atoms with Gasteiger partial charge in [0.25, 0.3) is 0 Å². The summed E-state index contributed by atoms with van der Waals surface area (Å²) in [6.45, 7) is 43.4. The van der Waals surface area contributed by atoms with Crippen LogP contribution in [-0.4, -0.2) is 223 Å². The Hall–Kier alpha value is -5.22. The second kappa shape index (κ2) is 47.7. The quantitative estimate of drug-likeness (QED) is 0.0468. The van der Waals surface area contributed by atoms with Gasteiger partial charge in [-0.3, -0.25) is 0 Å². The van der Waals surface area contributed by atoms with Gasteiger partial charge in [0.1, 0.15) is 30.5 Å². The van der Waals surface area contributed by atoms with Gasteiger partial charge in [0.2, 0.25) is 0 Å². The summed E-state index contributed by atoms with van der Waals surface area (Å²) < 4.78 is 79.2. The highest BCUT2D eigenvalue weighted by molar-refractivity contribution is 5.89. The number of carbonyl (C=O) groups excluding carboxylic acids is 6. The van der Waals surface area contributed by atoms with Gasteiger partial charge in [0, 0.05) is 90.8 Å². The van der Waals surface area contributed by atoms with Crippen LogP contribution in [0.15, 0.2) is 72.9 Å². The van der Waals surface area contributed by atoms with Crippen LogP contribution in [0.25, 0.3) is 0 Å². The lowest BCUT2D eigenvalue weighted by atomic mass is 9.64. The predicted molar refractivity (Wildman–Crippen MR) is 463 cm³/mol. The van der Waals surface area contributed by atoms with Crippen molar-refractivity contribution in [3.8, 4) is 0 Å². The van der Waals surface area contributed by atoms with Gasteiger partial charge in [0.05, 0.1) is 101 Å². The summed E-state index contributed by atoms with van der Waals surface area (Å²) >= 11 is 0. The Bertz CT molecular complexity index is 3390. The van der Waals surface area contributed by atoms with E-state index in [2.05, 4.69) is 53.3 Å². The Morgan fingerprint density at radius 1 is 0.393 bits per heavy atom. The molecule has 0 aromatic carbocycles. The first-order valence-electron chi connectivity index (χ1n) is 46.5. The lowest BCUT2D eigenvalue weighted by molar-refractivity contribution is -0.205. The van der Waals surface area contributed by atoms with Crippen molar-refractivity contribution in [1.29, 1.82) is 0 Å². The zero-order valence-corrected chi connectivity index (χ0v) is 76.3. The Morgan fingerprint density at radius 2 is 0.861 bits per heavy atom. The number of ether oxygens (including phenoxy) is 15. The first-order chi connectivity index (χ1) is 58.1. The molecule has 0 aromatic heterocycles. The first-order valence-corrected chi connectivity index (χ1v) is 46.5. The van der Waals surface area contributed by atoms with E-state index in [1.54, 1.807) is 62.9 Å². The van der Waals surface area contributed by atoms with Gasteiger partial charge < -0.3 is 86.4 Å². The molecule has 0 aromatic rings. The van der Waals surface area contributed by atoms with E-state index < -0.39 is 36.4 Å². The van der Waals surface area contributed by atoms with Crippen molar-refractivity contribution in [2.24, 2.45) is 69.5 Å². The van der Waals surface area contributed by atoms with E-state index in [9.17, 15) is 44.1 Å². The third kappa shape index (κ3) is 29.7. The molecule has 3 spiro atoms. The molecule has 21 atom stereocenters. The summed E-state index contributed by atoms with van der Waals surface area (Å²) in [6.07, 6.45) is 38.5. The van der Waals surface area contributed by atoms with Crippen molar-refractivity contribution < 1.29 is 115 Å². The number of hydrogen-bond acceptors (Lipinski definition) is 24. The summed E-state index contributed by atoms with van der Waals surface area (Å²) in [5, 5.41) is 30.2. The van der Waals surface area contributed by atoms with E-state index in [4.69, 9.17) is 71.1 Å². The number of fused-ring (bicyclic) bond motifs is 7. The molecule has 24 heteroatoms.